The Labute approximate surface area is 212 Å². The first-order chi connectivity index (χ1) is 15.8. The summed E-state index contributed by atoms with van der Waals surface area (Å²) in [5.74, 6) is 2.57. The number of carbonyl (C=O) groups is 2. The second-order valence-corrected chi connectivity index (χ2v) is 12.2. The molecule has 0 spiro atoms. The van der Waals surface area contributed by atoms with Crippen molar-refractivity contribution in [3.8, 4) is 11.5 Å². The lowest BCUT2D eigenvalue weighted by Gasteiger charge is -2.55. The second kappa shape index (κ2) is 8.86. The molecule has 0 radical (unpaired) electrons. The van der Waals surface area contributed by atoms with Crippen LogP contribution in [0.2, 0.25) is 0 Å². The van der Waals surface area contributed by atoms with Crippen molar-refractivity contribution in [3.05, 3.63) is 39.7 Å². The predicted molar refractivity (Wildman–Crippen MR) is 137 cm³/mol. The summed E-state index contributed by atoms with van der Waals surface area (Å²) in [6.45, 7) is 4.07. The van der Waals surface area contributed by atoms with Crippen LogP contribution in [0.1, 0.15) is 44.1 Å². The fraction of sp³-hybridized carbons (Fsp3) is 0.480. The van der Waals surface area contributed by atoms with Crippen LogP contribution in [0.15, 0.2) is 34.2 Å². The molecular formula is C25H26BrNO4S2. The van der Waals surface area contributed by atoms with Gasteiger partial charge in [-0.2, -0.15) is 0 Å². The van der Waals surface area contributed by atoms with Crippen molar-refractivity contribution in [2.24, 2.45) is 23.2 Å². The fourth-order valence-corrected chi connectivity index (χ4v) is 8.24. The summed E-state index contributed by atoms with van der Waals surface area (Å²) in [6.07, 6.45) is 10.1. The lowest BCUT2D eigenvalue weighted by Crippen LogP contribution is -2.51. The molecule has 1 amide bonds. The van der Waals surface area contributed by atoms with Crippen molar-refractivity contribution < 1.29 is 19.1 Å². The molecule has 1 aromatic carbocycles. The molecule has 8 heteroatoms. The van der Waals surface area contributed by atoms with Gasteiger partial charge in [0, 0.05) is 6.54 Å². The number of rotatable bonds is 6. The first-order valence-electron chi connectivity index (χ1n) is 11.3. The summed E-state index contributed by atoms with van der Waals surface area (Å²) in [4.78, 5) is 28.2. The molecule has 5 nitrogen and oxygen atoms in total. The maximum Gasteiger partial charge on any atom is 0.317 e. The smallest absolute Gasteiger partial charge is 0.317 e. The highest BCUT2D eigenvalue weighted by atomic mass is 79.9. The molecule has 5 fully saturated rings. The maximum absolute atomic E-state index is 13.4. The molecule has 1 aromatic rings. The first-order valence-corrected chi connectivity index (χ1v) is 13.3. The Kier molecular flexibility index (Phi) is 6.20. The van der Waals surface area contributed by atoms with Crippen molar-refractivity contribution in [2.75, 3.05) is 13.7 Å². The largest absolute Gasteiger partial charge is 0.493 e. The third-order valence-corrected chi connectivity index (χ3v) is 9.37. The number of nitrogens with zero attached hydrogens (tertiary/aromatic N) is 1. The molecular weight excluding hydrogens is 522 g/mol. The van der Waals surface area contributed by atoms with Crippen LogP contribution in [-0.4, -0.2) is 34.8 Å². The van der Waals surface area contributed by atoms with Gasteiger partial charge in [0.1, 0.15) is 4.32 Å². The topological polar surface area (TPSA) is 55.8 Å². The molecule has 0 unspecified atom stereocenters. The molecule has 4 bridgehead atoms. The number of carbonyl (C=O) groups excluding carboxylic acids is 2. The maximum atomic E-state index is 13.4. The number of hydrogen-bond donors (Lipinski definition) is 0. The summed E-state index contributed by atoms with van der Waals surface area (Å²) in [7, 11) is 1.55. The molecule has 0 N–H and O–H groups in total. The Balaban J connectivity index is 1.39. The monoisotopic (exact) mass is 547 g/mol. The Morgan fingerprint density at radius 2 is 1.91 bits per heavy atom. The highest BCUT2D eigenvalue weighted by molar-refractivity contribution is 9.10. The van der Waals surface area contributed by atoms with Gasteiger partial charge in [0.05, 0.1) is 21.9 Å². The zero-order valence-electron chi connectivity index (χ0n) is 18.5. The summed E-state index contributed by atoms with van der Waals surface area (Å²) in [6, 6.07) is 3.62. The van der Waals surface area contributed by atoms with Crippen molar-refractivity contribution >= 4 is 62.2 Å². The van der Waals surface area contributed by atoms with Crippen molar-refractivity contribution in [1.82, 2.24) is 4.90 Å². The molecule has 33 heavy (non-hydrogen) atoms. The summed E-state index contributed by atoms with van der Waals surface area (Å²) < 4.78 is 12.7. The van der Waals surface area contributed by atoms with Crippen LogP contribution in [0.3, 0.4) is 0 Å². The quantitative estimate of drug-likeness (QED) is 0.144. The van der Waals surface area contributed by atoms with Crippen molar-refractivity contribution in [1.29, 1.82) is 0 Å². The average molecular weight is 549 g/mol. The van der Waals surface area contributed by atoms with Crippen LogP contribution < -0.4 is 9.47 Å². The van der Waals surface area contributed by atoms with Crippen LogP contribution in [0.5, 0.6) is 11.5 Å². The summed E-state index contributed by atoms with van der Waals surface area (Å²) in [5.41, 5.74) is 0.407. The molecule has 174 valence electrons. The number of thiocarbonyl (C=S) groups is 1. The minimum Gasteiger partial charge on any atom is -0.493 e. The highest BCUT2D eigenvalue weighted by Gasteiger charge is 2.55. The number of halogens is 1. The van der Waals surface area contributed by atoms with Crippen molar-refractivity contribution in [3.63, 3.8) is 0 Å². The molecule has 1 saturated heterocycles. The SMILES string of the molecule is C=CCN1C(=O)/C(=C\c2cc(Br)c(OC(=O)C34CC5CC(CC(C5)C3)C4)c(OC)c2)SC1=S. The van der Waals surface area contributed by atoms with E-state index < -0.39 is 0 Å². The van der Waals surface area contributed by atoms with Gasteiger partial charge in [0.25, 0.3) is 5.91 Å². The van der Waals surface area contributed by atoms with Gasteiger partial charge in [-0.25, -0.2) is 0 Å². The minimum atomic E-state index is -0.350. The Bertz CT molecular complexity index is 1050. The molecule has 1 aliphatic heterocycles. The van der Waals surface area contributed by atoms with Gasteiger partial charge in [-0.1, -0.05) is 30.1 Å². The van der Waals surface area contributed by atoms with Crippen molar-refractivity contribution in [2.45, 2.75) is 38.5 Å². The molecule has 0 aromatic heterocycles. The molecule has 0 atom stereocenters. The molecule has 1 heterocycles. The number of thioether (sulfide) groups is 1. The number of methoxy groups -OCH3 is 1. The van der Waals surface area contributed by atoms with Crippen LogP contribution in [-0.2, 0) is 9.59 Å². The first kappa shape index (κ1) is 23.1. The minimum absolute atomic E-state index is 0.126. The summed E-state index contributed by atoms with van der Waals surface area (Å²) in [5, 5.41) is 0. The lowest BCUT2D eigenvalue weighted by atomic mass is 9.49. The van der Waals surface area contributed by atoms with Gasteiger partial charge in [0.2, 0.25) is 0 Å². The normalized spacial score (nSPS) is 31.4. The lowest BCUT2D eigenvalue weighted by molar-refractivity contribution is -0.161. The average Bonchev–Trinajstić information content (AvgIpc) is 3.02. The van der Waals surface area contributed by atoms with E-state index in [1.54, 1.807) is 25.3 Å². The second-order valence-electron chi connectivity index (χ2n) is 9.70. The van der Waals surface area contributed by atoms with Gasteiger partial charge < -0.3 is 9.47 Å². The molecule has 5 aliphatic rings. The van der Waals surface area contributed by atoms with E-state index in [1.807, 2.05) is 6.07 Å². The predicted octanol–water partition coefficient (Wildman–Crippen LogP) is 5.97. The van der Waals surface area contributed by atoms with E-state index in [-0.39, 0.29) is 17.3 Å². The zero-order valence-corrected chi connectivity index (χ0v) is 21.7. The van der Waals surface area contributed by atoms with Gasteiger partial charge >= 0.3 is 5.97 Å². The van der Waals surface area contributed by atoms with Crippen LogP contribution in [0.4, 0.5) is 0 Å². The molecule has 6 rings (SSSR count). The number of hydrogen-bond acceptors (Lipinski definition) is 6. The molecule has 4 aliphatic carbocycles. The van der Waals surface area contributed by atoms with Gasteiger partial charge in [0.15, 0.2) is 11.5 Å². The van der Waals surface area contributed by atoms with Crippen LogP contribution >= 0.6 is 39.9 Å². The number of esters is 1. The van der Waals surface area contributed by atoms with E-state index >= 15 is 0 Å². The van der Waals surface area contributed by atoms with E-state index in [0.29, 0.717) is 49.5 Å². The van der Waals surface area contributed by atoms with Crippen LogP contribution in [0, 0.1) is 23.2 Å². The summed E-state index contributed by atoms with van der Waals surface area (Å²) >= 11 is 10.1. The zero-order chi connectivity index (χ0) is 23.3. The van der Waals surface area contributed by atoms with E-state index in [2.05, 4.69) is 22.5 Å². The standard InChI is InChI=1S/C25H26BrNO4S2/c1-3-4-27-22(28)20(33-24(27)32)10-14-8-18(26)21(19(9-14)30-2)31-23(29)25-11-15-5-16(12-25)7-17(6-15)13-25/h3,8-10,15-17H,1,4-7,11-13H2,2H3/b20-10+. The Morgan fingerprint density at radius 3 is 2.48 bits per heavy atom. The van der Waals surface area contributed by atoms with E-state index in [4.69, 9.17) is 21.7 Å². The number of amides is 1. The Morgan fingerprint density at radius 1 is 1.27 bits per heavy atom. The van der Waals surface area contributed by atoms with E-state index in [9.17, 15) is 9.59 Å². The Hall–Kier alpha value is -1.64. The van der Waals surface area contributed by atoms with E-state index in [0.717, 1.165) is 24.8 Å². The van der Waals surface area contributed by atoms with Gasteiger partial charge in [-0.05, 0) is 96.0 Å². The fourth-order valence-electron chi connectivity index (χ4n) is 6.42. The number of benzene rings is 1. The third-order valence-electron chi connectivity index (χ3n) is 7.40. The van der Waals surface area contributed by atoms with E-state index in [1.165, 1.54) is 35.9 Å². The third kappa shape index (κ3) is 4.19. The van der Waals surface area contributed by atoms with Gasteiger partial charge in [-0.3, -0.25) is 14.5 Å². The highest BCUT2D eigenvalue weighted by Crippen LogP contribution is 2.60. The van der Waals surface area contributed by atoms with Gasteiger partial charge in [-0.15, -0.1) is 6.58 Å². The van der Waals surface area contributed by atoms with Crippen LogP contribution in [0.25, 0.3) is 6.08 Å². The molecule has 4 saturated carbocycles. The number of ether oxygens (including phenoxy) is 2.